The molecule has 0 unspecified atom stereocenters. The molecule has 0 bridgehead atoms. The van der Waals surface area contributed by atoms with E-state index in [-0.39, 0.29) is 17.8 Å². The number of benzene rings is 2. The molecule has 0 spiro atoms. The van der Waals surface area contributed by atoms with E-state index in [1.807, 2.05) is 18.2 Å². The van der Waals surface area contributed by atoms with Crippen LogP contribution in [0.2, 0.25) is 0 Å². The van der Waals surface area contributed by atoms with E-state index in [2.05, 4.69) is 10.3 Å². The van der Waals surface area contributed by atoms with Crippen LogP contribution in [0.3, 0.4) is 0 Å². The van der Waals surface area contributed by atoms with Gasteiger partial charge in [-0.2, -0.15) is 0 Å². The third kappa shape index (κ3) is 4.10. The Labute approximate surface area is 145 Å². The lowest BCUT2D eigenvalue weighted by molar-refractivity contribution is -0.114. The number of carbonyl (C=O) groups is 1. The van der Waals surface area contributed by atoms with Gasteiger partial charge in [-0.15, -0.1) is 0 Å². The molecule has 0 aliphatic carbocycles. The standard InChI is InChI=1S/C19H21FN4O/c20-15-5-3-12(4-6-15)13-1-2-14-10-18(24-17(14)9-13)19(25)23-11-16(22)7-8-21/h1-6,9,16H,7-8,10-11,21-22H2,(H,23,25)/t16-/m1/s1. The molecule has 3 rings (SSSR count). The molecule has 1 aliphatic heterocycles. The van der Waals surface area contributed by atoms with Crippen molar-refractivity contribution in [2.24, 2.45) is 16.5 Å². The Morgan fingerprint density at radius 3 is 2.64 bits per heavy atom. The summed E-state index contributed by atoms with van der Waals surface area (Å²) >= 11 is 0. The number of hydrogen-bond acceptors (Lipinski definition) is 4. The first-order chi connectivity index (χ1) is 12.1. The summed E-state index contributed by atoms with van der Waals surface area (Å²) in [5.41, 5.74) is 15.4. The molecule has 2 aromatic carbocycles. The predicted molar refractivity (Wildman–Crippen MR) is 97.3 cm³/mol. The zero-order valence-electron chi connectivity index (χ0n) is 13.8. The van der Waals surface area contributed by atoms with E-state index in [4.69, 9.17) is 11.5 Å². The second-order valence-corrected chi connectivity index (χ2v) is 6.13. The maximum absolute atomic E-state index is 13.1. The molecule has 0 saturated heterocycles. The van der Waals surface area contributed by atoms with Gasteiger partial charge in [0.15, 0.2) is 0 Å². The molecule has 0 aromatic heterocycles. The van der Waals surface area contributed by atoms with E-state index in [9.17, 15) is 9.18 Å². The molecule has 6 heteroatoms. The summed E-state index contributed by atoms with van der Waals surface area (Å²) in [6, 6.07) is 12.0. The first kappa shape index (κ1) is 17.3. The van der Waals surface area contributed by atoms with Gasteiger partial charge in [0.2, 0.25) is 0 Å². The van der Waals surface area contributed by atoms with Gasteiger partial charge < -0.3 is 16.8 Å². The highest BCUT2D eigenvalue weighted by Gasteiger charge is 2.21. The molecule has 0 fully saturated rings. The first-order valence-corrected chi connectivity index (χ1v) is 8.27. The topological polar surface area (TPSA) is 93.5 Å². The van der Waals surface area contributed by atoms with Crippen molar-refractivity contribution in [3.8, 4) is 11.1 Å². The van der Waals surface area contributed by atoms with E-state index in [1.54, 1.807) is 12.1 Å². The van der Waals surface area contributed by atoms with Crippen molar-refractivity contribution in [1.82, 2.24) is 5.32 Å². The number of amides is 1. The molecule has 5 nitrogen and oxygen atoms in total. The number of fused-ring (bicyclic) bond motifs is 1. The number of hydrogen-bond donors (Lipinski definition) is 3. The first-order valence-electron chi connectivity index (χ1n) is 8.27. The highest BCUT2D eigenvalue weighted by atomic mass is 19.1. The fraction of sp³-hybridized carbons (Fsp3) is 0.263. The Hall–Kier alpha value is -2.57. The summed E-state index contributed by atoms with van der Waals surface area (Å²) in [5, 5.41) is 2.80. The monoisotopic (exact) mass is 340 g/mol. The zero-order chi connectivity index (χ0) is 17.8. The summed E-state index contributed by atoms with van der Waals surface area (Å²) in [6.07, 6.45) is 1.16. The van der Waals surface area contributed by atoms with Crippen molar-refractivity contribution >= 4 is 17.3 Å². The van der Waals surface area contributed by atoms with Crippen molar-refractivity contribution < 1.29 is 9.18 Å². The molecule has 1 aliphatic rings. The Kier molecular flexibility index (Phi) is 5.21. The molecule has 0 radical (unpaired) electrons. The fourth-order valence-corrected chi connectivity index (χ4v) is 2.78. The lowest BCUT2D eigenvalue weighted by atomic mass is 10.0. The molecule has 1 heterocycles. The van der Waals surface area contributed by atoms with Crippen molar-refractivity contribution in [3.05, 3.63) is 53.8 Å². The summed E-state index contributed by atoms with van der Waals surface area (Å²) in [6.45, 7) is 0.877. The second kappa shape index (κ2) is 7.55. The molecule has 5 N–H and O–H groups in total. The Morgan fingerprint density at radius 2 is 1.92 bits per heavy atom. The van der Waals surface area contributed by atoms with Gasteiger partial charge in [-0.3, -0.25) is 4.79 Å². The summed E-state index contributed by atoms with van der Waals surface area (Å²) in [4.78, 5) is 16.7. The third-order valence-electron chi connectivity index (χ3n) is 4.20. The van der Waals surface area contributed by atoms with Crippen molar-refractivity contribution in [1.29, 1.82) is 0 Å². The highest BCUT2D eigenvalue weighted by molar-refractivity contribution is 6.40. The maximum Gasteiger partial charge on any atom is 0.266 e. The SMILES string of the molecule is NCC[C@@H](N)CNC(=O)C1=Nc2cc(-c3ccc(F)cc3)ccc2C1. The van der Waals surface area contributed by atoms with E-state index in [1.165, 1.54) is 12.1 Å². The molecule has 0 saturated carbocycles. The van der Waals surface area contributed by atoms with E-state index in [0.717, 1.165) is 22.4 Å². The van der Waals surface area contributed by atoms with Gasteiger partial charge in [-0.05, 0) is 47.9 Å². The van der Waals surface area contributed by atoms with Crippen LogP contribution in [-0.4, -0.2) is 30.8 Å². The lowest BCUT2D eigenvalue weighted by Gasteiger charge is -2.11. The zero-order valence-corrected chi connectivity index (χ0v) is 13.8. The van der Waals surface area contributed by atoms with Gasteiger partial charge in [-0.25, -0.2) is 9.38 Å². The van der Waals surface area contributed by atoms with E-state index >= 15 is 0 Å². The van der Waals surface area contributed by atoms with Crippen LogP contribution in [0.1, 0.15) is 12.0 Å². The third-order valence-corrected chi connectivity index (χ3v) is 4.20. The summed E-state index contributed by atoms with van der Waals surface area (Å²) < 4.78 is 13.1. The van der Waals surface area contributed by atoms with Crippen molar-refractivity contribution in [2.75, 3.05) is 13.1 Å². The highest BCUT2D eigenvalue weighted by Crippen LogP contribution is 2.32. The smallest absolute Gasteiger partial charge is 0.266 e. The minimum atomic E-state index is -0.269. The fourth-order valence-electron chi connectivity index (χ4n) is 2.78. The normalized spacial score (nSPS) is 14.0. The number of aliphatic imine (C=N–C) groups is 1. The van der Waals surface area contributed by atoms with Gasteiger partial charge >= 0.3 is 0 Å². The van der Waals surface area contributed by atoms with Crippen LogP contribution in [0.5, 0.6) is 0 Å². The van der Waals surface area contributed by atoms with Crippen LogP contribution in [0, 0.1) is 5.82 Å². The largest absolute Gasteiger partial charge is 0.349 e. The Balaban J connectivity index is 1.71. The molecule has 25 heavy (non-hydrogen) atoms. The van der Waals surface area contributed by atoms with E-state index < -0.39 is 0 Å². The molecule has 1 amide bonds. The lowest BCUT2D eigenvalue weighted by Crippen LogP contribution is -2.41. The second-order valence-electron chi connectivity index (χ2n) is 6.13. The van der Waals surface area contributed by atoms with Crippen LogP contribution >= 0.6 is 0 Å². The number of nitrogens with two attached hydrogens (primary N) is 2. The minimum Gasteiger partial charge on any atom is -0.349 e. The van der Waals surface area contributed by atoms with Crippen LogP contribution in [0.25, 0.3) is 11.1 Å². The van der Waals surface area contributed by atoms with Crippen LogP contribution in [-0.2, 0) is 11.2 Å². The van der Waals surface area contributed by atoms with Crippen LogP contribution < -0.4 is 16.8 Å². The minimum absolute atomic E-state index is 0.150. The number of nitrogens with one attached hydrogen (secondary N) is 1. The number of halogens is 1. The Morgan fingerprint density at radius 1 is 1.20 bits per heavy atom. The molecular formula is C19H21FN4O. The molecule has 130 valence electrons. The van der Waals surface area contributed by atoms with Gasteiger partial charge in [0.05, 0.1) is 5.69 Å². The van der Waals surface area contributed by atoms with E-state index in [0.29, 0.717) is 31.6 Å². The van der Waals surface area contributed by atoms with Crippen molar-refractivity contribution in [3.63, 3.8) is 0 Å². The van der Waals surface area contributed by atoms with Crippen LogP contribution in [0.15, 0.2) is 47.5 Å². The van der Waals surface area contributed by atoms with Crippen molar-refractivity contribution in [2.45, 2.75) is 18.9 Å². The number of nitrogens with zero attached hydrogens (tertiary/aromatic N) is 1. The molecule has 1 atom stereocenters. The predicted octanol–water partition coefficient (Wildman–Crippen LogP) is 1.91. The quantitative estimate of drug-likeness (QED) is 0.750. The van der Waals surface area contributed by atoms with Crippen LogP contribution in [0.4, 0.5) is 10.1 Å². The average molecular weight is 340 g/mol. The molecular weight excluding hydrogens is 319 g/mol. The molecule has 2 aromatic rings. The Bertz CT molecular complexity index is 802. The van der Waals surface area contributed by atoms with Gasteiger partial charge in [0, 0.05) is 19.0 Å². The maximum atomic E-state index is 13.1. The van der Waals surface area contributed by atoms with Gasteiger partial charge in [0.25, 0.3) is 5.91 Å². The summed E-state index contributed by atoms with van der Waals surface area (Å²) in [7, 11) is 0. The average Bonchev–Trinajstić information content (AvgIpc) is 3.04. The number of carbonyl (C=O) groups excluding carboxylic acids is 1. The summed E-state index contributed by atoms with van der Waals surface area (Å²) in [5.74, 6) is -0.471. The van der Waals surface area contributed by atoms with Gasteiger partial charge in [-0.1, -0.05) is 24.3 Å². The van der Waals surface area contributed by atoms with Gasteiger partial charge in [0.1, 0.15) is 11.5 Å². The number of rotatable bonds is 6.